The Kier molecular flexibility index (Phi) is 4.72. The predicted molar refractivity (Wildman–Crippen MR) is 94.5 cm³/mol. The van der Waals surface area contributed by atoms with Gasteiger partial charge in [0.1, 0.15) is 6.54 Å². The molecule has 0 saturated carbocycles. The van der Waals surface area contributed by atoms with Crippen molar-refractivity contribution in [2.45, 2.75) is 0 Å². The molecule has 0 atom stereocenters. The summed E-state index contributed by atoms with van der Waals surface area (Å²) in [6.07, 6.45) is 0. The zero-order valence-electron chi connectivity index (χ0n) is 12.7. The van der Waals surface area contributed by atoms with E-state index in [2.05, 4.69) is 10.3 Å². The molecule has 2 N–H and O–H groups in total. The molecule has 0 aliphatic carbocycles. The summed E-state index contributed by atoms with van der Waals surface area (Å²) in [5, 5.41) is 12.3. The van der Waals surface area contributed by atoms with Crippen LogP contribution in [0, 0.1) is 0 Å². The second-order valence-electron chi connectivity index (χ2n) is 5.12. The summed E-state index contributed by atoms with van der Waals surface area (Å²) < 4.78 is 0.984. The van der Waals surface area contributed by atoms with Crippen LogP contribution in [-0.2, 0) is 9.59 Å². The third-order valence-electron chi connectivity index (χ3n) is 3.32. The fourth-order valence-electron chi connectivity index (χ4n) is 2.30. The number of hydrogen-bond donors (Lipinski definition) is 2. The molecule has 0 aliphatic heterocycles. The smallest absolute Gasteiger partial charge is 0.323 e. The van der Waals surface area contributed by atoms with Crippen molar-refractivity contribution in [1.29, 1.82) is 0 Å². The number of hydrogen-bond acceptors (Lipinski definition) is 5. The summed E-state index contributed by atoms with van der Waals surface area (Å²) in [5.41, 5.74) is 1.50. The number of aliphatic carboxylic acids is 1. The maximum Gasteiger partial charge on any atom is 0.323 e. The van der Waals surface area contributed by atoms with Crippen LogP contribution in [0.5, 0.6) is 0 Å². The number of carbonyl (C=O) groups excluding carboxylic acids is 1. The fraction of sp³-hybridized carbons (Fsp3) is 0.118. The van der Waals surface area contributed by atoms with Gasteiger partial charge in [0.05, 0.1) is 16.8 Å². The van der Waals surface area contributed by atoms with E-state index in [9.17, 15) is 9.59 Å². The summed E-state index contributed by atoms with van der Waals surface area (Å²) in [6, 6.07) is 16.6. The van der Waals surface area contributed by atoms with Crippen molar-refractivity contribution in [3.63, 3.8) is 0 Å². The highest BCUT2D eigenvalue weighted by Gasteiger charge is 2.16. The van der Waals surface area contributed by atoms with Crippen LogP contribution in [0.15, 0.2) is 54.6 Å². The number of nitrogens with one attached hydrogen (secondary N) is 1. The minimum absolute atomic E-state index is 0.0633. The molecule has 0 spiro atoms. The number of carbonyl (C=O) groups is 2. The summed E-state index contributed by atoms with van der Waals surface area (Å²) in [5.74, 6) is -1.30. The number of benzene rings is 2. The van der Waals surface area contributed by atoms with Gasteiger partial charge in [0, 0.05) is 5.69 Å². The Bertz CT molecular complexity index is 831. The molecule has 3 rings (SSSR count). The lowest BCUT2D eigenvalue weighted by Gasteiger charge is -2.21. The quantitative estimate of drug-likeness (QED) is 0.720. The lowest BCUT2D eigenvalue weighted by atomic mass is 10.3. The number of nitrogens with zero attached hydrogens (tertiary/aromatic N) is 2. The number of aromatic nitrogens is 1. The maximum absolute atomic E-state index is 12.3. The van der Waals surface area contributed by atoms with Crippen LogP contribution in [0.2, 0.25) is 0 Å². The van der Waals surface area contributed by atoms with E-state index in [0.717, 1.165) is 10.2 Å². The molecule has 1 aromatic heterocycles. The first-order valence-electron chi connectivity index (χ1n) is 7.29. The minimum atomic E-state index is -0.994. The van der Waals surface area contributed by atoms with Gasteiger partial charge < -0.3 is 15.3 Å². The number of fused-ring (bicyclic) bond motifs is 1. The Morgan fingerprint density at radius 1 is 1.04 bits per heavy atom. The van der Waals surface area contributed by atoms with E-state index in [1.165, 1.54) is 16.2 Å². The standard InChI is InChI=1S/C17H15N3O3S/c21-15(19-17-18-13-8-4-5-9-14(13)24-17)10-20(11-16(22)23)12-6-2-1-3-7-12/h1-9H,10-11H2,(H,22,23)(H,18,19,21). The third-order valence-corrected chi connectivity index (χ3v) is 4.27. The van der Waals surface area contributed by atoms with Gasteiger partial charge in [0.2, 0.25) is 5.91 Å². The van der Waals surface area contributed by atoms with E-state index in [1.54, 1.807) is 24.3 Å². The fourth-order valence-corrected chi connectivity index (χ4v) is 3.18. The normalized spacial score (nSPS) is 10.5. The van der Waals surface area contributed by atoms with Crippen molar-refractivity contribution in [1.82, 2.24) is 4.98 Å². The molecule has 6 nitrogen and oxygen atoms in total. The van der Waals surface area contributed by atoms with Crippen LogP contribution >= 0.6 is 11.3 Å². The number of carboxylic acids is 1. The minimum Gasteiger partial charge on any atom is -0.480 e. The van der Waals surface area contributed by atoms with Crippen molar-refractivity contribution in [2.24, 2.45) is 0 Å². The topological polar surface area (TPSA) is 82.5 Å². The molecule has 0 unspecified atom stereocenters. The summed E-state index contributed by atoms with van der Waals surface area (Å²) in [4.78, 5) is 29.2. The zero-order chi connectivity index (χ0) is 16.9. The largest absolute Gasteiger partial charge is 0.480 e. The lowest BCUT2D eigenvalue weighted by molar-refractivity contribution is -0.135. The highest BCUT2D eigenvalue weighted by atomic mass is 32.1. The monoisotopic (exact) mass is 341 g/mol. The molecular weight excluding hydrogens is 326 g/mol. The molecule has 0 bridgehead atoms. The van der Waals surface area contributed by atoms with Gasteiger partial charge in [0.25, 0.3) is 0 Å². The van der Waals surface area contributed by atoms with Gasteiger partial charge in [-0.05, 0) is 24.3 Å². The maximum atomic E-state index is 12.3. The first-order chi connectivity index (χ1) is 11.6. The van der Waals surface area contributed by atoms with Crippen LogP contribution in [0.1, 0.15) is 0 Å². The second kappa shape index (κ2) is 7.10. The summed E-state index contributed by atoms with van der Waals surface area (Å²) >= 11 is 1.38. The number of rotatable bonds is 6. The molecule has 24 heavy (non-hydrogen) atoms. The van der Waals surface area contributed by atoms with Crippen molar-refractivity contribution in [3.05, 3.63) is 54.6 Å². The van der Waals surface area contributed by atoms with Gasteiger partial charge in [-0.3, -0.25) is 9.59 Å². The Labute approximate surface area is 142 Å². The number of thiazole rings is 1. The molecular formula is C17H15N3O3S. The average molecular weight is 341 g/mol. The third kappa shape index (κ3) is 3.88. The number of para-hydroxylation sites is 2. The number of amides is 1. The first-order valence-corrected chi connectivity index (χ1v) is 8.11. The van der Waals surface area contributed by atoms with Crippen LogP contribution in [0.4, 0.5) is 10.8 Å². The molecule has 0 saturated heterocycles. The Hall–Kier alpha value is -2.93. The van der Waals surface area contributed by atoms with Crippen LogP contribution in [0.25, 0.3) is 10.2 Å². The molecule has 0 fully saturated rings. The Balaban J connectivity index is 1.72. The van der Waals surface area contributed by atoms with E-state index in [4.69, 9.17) is 5.11 Å². The molecule has 0 aliphatic rings. The van der Waals surface area contributed by atoms with Gasteiger partial charge in [-0.2, -0.15) is 0 Å². The predicted octanol–water partition coefficient (Wildman–Crippen LogP) is 2.83. The van der Waals surface area contributed by atoms with Gasteiger partial charge >= 0.3 is 5.97 Å². The summed E-state index contributed by atoms with van der Waals surface area (Å²) in [6.45, 7) is -0.316. The summed E-state index contributed by atoms with van der Waals surface area (Å²) in [7, 11) is 0. The van der Waals surface area contributed by atoms with Crippen LogP contribution in [-0.4, -0.2) is 35.1 Å². The van der Waals surface area contributed by atoms with E-state index in [1.807, 2.05) is 30.3 Å². The molecule has 1 amide bonds. The van der Waals surface area contributed by atoms with Crippen LogP contribution < -0.4 is 10.2 Å². The van der Waals surface area contributed by atoms with E-state index >= 15 is 0 Å². The van der Waals surface area contributed by atoms with Gasteiger partial charge in [-0.25, -0.2) is 4.98 Å². The van der Waals surface area contributed by atoms with E-state index < -0.39 is 5.97 Å². The molecule has 0 radical (unpaired) electrons. The van der Waals surface area contributed by atoms with E-state index in [0.29, 0.717) is 10.8 Å². The second-order valence-corrected chi connectivity index (χ2v) is 6.15. The molecule has 7 heteroatoms. The van der Waals surface area contributed by atoms with Crippen molar-refractivity contribution in [3.8, 4) is 0 Å². The highest BCUT2D eigenvalue weighted by Crippen LogP contribution is 2.25. The average Bonchev–Trinajstić information content (AvgIpc) is 2.96. The van der Waals surface area contributed by atoms with Gasteiger partial charge in [-0.15, -0.1) is 0 Å². The molecule has 122 valence electrons. The van der Waals surface area contributed by atoms with Crippen molar-refractivity contribution >= 4 is 44.2 Å². The Morgan fingerprint density at radius 3 is 2.46 bits per heavy atom. The Morgan fingerprint density at radius 2 is 1.75 bits per heavy atom. The molecule has 1 heterocycles. The zero-order valence-corrected chi connectivity index (χ0v) is 13.5. The lowest BCUT2D eigenvalue weighted by Crippen LogP contribution is -2.37. The first kappa shape index (κ1) is 15.9. The van der Waals surface area contributed by atoms with Gasteiger partial charge in [-0.1, -0.05) is 41.7 Å². The molecule has 3 aromatic rings. The molecule has 2 aromatic carbocycles. The number of carboxylic acid groups (broad SMARTS) is 1. The van der Waals surface area contributed by atoms with Crippen molar-refractivity contribution < 1.29 is 14.7 Å². The SMILES string of the molecule is O=C(O)CN(CC(=O)Nc1nc2ccccc2s1)c1ccccc1. The van der Waals surface area contributed by atoms with Crippen LogP contribution in [0.3, 0.4) is 0 Å². The van der Waals surface area contributed by atoms with E-state index in [-0.39, 0.29) is 19.0 Å². The number of anilines is 2. The van der Waals surface area contributed by atoms with Gasteiger partial charge in [0.15, 0.2) is 5.13 Å². The van der Waals surface area contributed by atoms with Crippen molar-refractivity contribution in [2.75, 3.05) is 23.3 Å². The highest BCUT2D eigenvalue weighted by molar-refractivity contribution is 7.22.